The van der Waals surface area contributed by atoms with Crippen molar-refractivity contribution in [2.24, 2.45) is 0 Å². The van der Waals surface area contributed by atoms with Gasteiger partial charge in [-0.1, -0.05) is 17.9 Å². The Morgan fingerprint density at radius 2 is 2.09 bits per heavy atom. The molecule has 1 aliphatic rings. The molecule has 22 heavy (non-hydrogen) atoms. The van der Waals surface area contributed by atoms with Crippen molar-refractivity contribution in [1.29, 1.82) is 0 Å². The maximum atomic E-state index is 11.8. The van der Waals surface area contributed by atoms with Crippen LogP contribution in [0.5, 0.6) is 0 Å². The number of nitrogens with one attached hydrogen (secondary N) is 1. The summed E-state index contributed by atoms with van der Waals surface area (Å²) >= 11 is 0. The van der Waals surface area contributed by atoms with E-state index in [1.165, 1.54) is 10.8 Å². The highest BCUT2D eigenvalue weighted by atomic mass is 16.5. The molecular formula is C15H18N2O5. The zero-order valence-corrected chi connectivity index (χ0v) is 12.0. The van der Waals surface area contributed by atoms with E-state index >= 15 is 0 Å². The predicted octanol–water partition coefficient (Wildman–Crippen LogP) is -0.503. The van der Waals surface area contributed by atoms with Crippen molar-refractivity contribution in [2.45, 2.75) is 31.6 Å². The summed E-state index contributed by atoms with van der Waals surface area (Å²) < 4.78 is 6.66. The molecule has 0 bridgehead atoms. The molecule has 118 valence electrons. The maximum absolute atomic E-state index is 11.8. The maximum Gasteiger partial charge on any atom is 0.330 e. The summed E-state index contributed by atoms with van der Waals surface area (Å²) in [7, 11) is 0. The van der Waals surface area contributed by atoms with Crippen LogP contribution in [0.4, 0.5) is 0 Å². The number of hydrogen-bond acceptors (Lipinski definition) is 5. The van der Waals surface area contributed by atoms with Crippen LogP contribution in [0.3, 0.4) is 0 Å². The molecule has 2 atom stereocenters. The van der Waals surface area contributed by atoms with Gasteiger partial charge in [0.25, 0.3) is 5.56 Å². The van der Waals surface area contributed by atoms with Gasteiger partial charge in [0.15, 0.2) is 6.23 Å². The van der Waals surface area contributed by atoms with Crippen molar-refractivity contribution in [3.63, 3.8) is 0 Å². The lowest BCUT2D eigenvalue weighted by atomic mass is 10.2. The molecule has 7 nitrogen and oxygen atoms in total. The largest absolute Gasteiger partial charge is 0.396 e. The normalized spacial score (nSPS) is 19.9. The van der Waals surface area contributed by atoms with Crippen molar-refractivity contribution in [2.75, 3.05) is 13.2 Å². The van der Waals surface area contributed by atoms with Gasteiger partial charge in [0.2, 0.25) is 0 Å². The SMILES string of the molecule is O=c1[nH]c(=O)n([C@H]2C=C[C@@H](CO)O2)cc1C#CCCCCO. The minimum atomic E-state index is -0.670. The van der Waals surface area contributed by atoms with E-state index in [2.05, 4.69) is 16.8 Å². The number of aromatic nitrogens is 2. The minimum Gasteiger partial charge on any atom is -0.396 e. The summed E-state index contributed by atoms with van der Waals surface area (Å²) in [6.45, 7) is -0.0624. The van der Waals surface area contributed by atoms with Crippen LogP contribution in [0.25, 0.3) is 0 Å². The Morgan fingerprint density at radius 1 is 1.27 bits per heavy atom. The van der Waals surface area contributed by atoms with Crippen molar-refractivity contribution in [3.05, 3.63) is 44.8 Å². The molecule has 0 spiro atoms. The van der Waals surface area contributed by atoms with E-state index < -0.39 is 23.6 Å². The van der Waals surface area contributed by atoms with E-state index in [1.807, 2.05) is 0 Å². The molecule has 1 aromatic heterocycles. The van der Waals surface area contributed by atoms with Gasteiger partial charge >= 0.3 is 5.69 Å². The molecular weight excluding hydrogens is 288 g/mol. The van der Waals surface area contributed by atoms with Gasteiger partial charge in [-0.05, 0) is 18.9 Å². The van der Waals surface area contributed by atoms with Crippen molar-refractivity contribution < 1.29 is 14.9 Å². The highest BCUT2D eigenvalue weighted by Gasteiger charge is 2.21. The summed E-state index contributed by atoms with van der Waals surface area (Å²) in [5.41, 5.74) is -0.964. The number of aromatic amines is 1. The predicted molar refractivity (Wildman–Crippen MR) is 79.3 cm³/mol. The first-order valence-electron chi connectivity index (χ1n) is 7.05. The molecule has 1 aromatic rings. The summed E-state index contributed by atoms with van der Waals surface area (Å²) in [5, 5.41) is 17.7. The second kappa shape index (κ2) is 7.75. The van der Waals surface area contributed by atoms with Crippen LogP contribution in [0.1, 0.15) is 31.1 Å². The number of aliphatic hydroxyl groups excluding tert-OH is 2. The third-order valence-corrected chi connectivity index (χ3v) is 3.16. The average Bonchev–Trinajstić information content (AvgIpc) is 2.97. The van der Waals surface area contributed by atoms with Gasteiger partial charge in [0.1, 0.15) is 11.7 Å². The average molecular weight is 306 g/mol. The Kier molecular flexibility index (Phi) is 5.72. The monoisotopic (exact) mass is 306 g/mol. The second-order valence-corrected chi connectivity index (χ2v) is 4.82. The van der Waals surface area contributed by atoms with Crippen molar-refractivity contribution >= 4 is 0 Å². The highest BCUT2D eigenvalue weighted by Crippen LogP contribution is 2.18. The fourth-order valence-electron chi connectivity index (χ4n) is 2.00. The standard InChI is InChI=1S/C15H18N2O5/c18-8-4-2-1-3-5-11-9-17(15(21)16-14(11)20)13-7-6-12(10-19)22-13/h6-7,9,12-13,18-19H,1-2,4,8,10H2,(H,16,20,21)/t12-,13+/m0/s1. The Morgan fingerprint density at radius 3 is 2.77 bits per heavy atom. The molecule has 0 amide bonds. The van der Waals surface area contributed by atoms with E-state index in [4.69, 9.17) is 14.9 Å². The molecule has 1 aliphatic heterocycles. The quantitative estimate of drug-likeness (QED) is 0.386. The van der Waals surface area contributed by atoms with E-state index in [-0.39, 0.29) is 18.8 Å². The van der Waals surface area contributed by atoms with Crippen LogP contribution in [0, 0.1) is 11.8 Å². The second-order valence-electron chi connectivity index (χ2n) is 4.82. The first-order chi connectivity index (χ1) is 10.7. The Hall–Kier alpha value is -2.14. The number of nitrogens with zero attached hydrogens (tertiary/aromatic N) is 1. The lowest BCUT2D eigenvalue weighted by Gasteiger charge is -2.14. The zero-order valence-electron chi connectivity index (χ0n) is 12.0. The summed E-state index contributed by atoms with van der Waals surface area (Å²) in [5.74, 6) is 5.56. The zero-order chi connectivity index (χ0) is 15.9. The molecule has 0 saturated carbocycles. The van der Waals surface area contributed by atoms with E-state index in [1.54, 1.807) is 12.2 Å². The molecule has 0 radical (unpaired) electrons. The molecule has 0 fully saturated rings. The number of unbranched alkanes of at least 4 members (excludes halogenated alkanes) is 2. The van der Waals surface area contributed by atoms with Gasteiger partial charge in [-0.2, -0.15) is 0 Å². The fraction of sp³-hybridized carbons (Fsp3) is 0.467. The fourth-order valence-corrected chi connectivity index (χ4v) is 2.00. The summed E-state index contributed by atoms with van der Waals surface area (Å²) in [4.78, 5) is 25.8. The molecule has 0 aromatic carbocycles. The molecule has 2 heterocycles. The van der Waals surface area contributed by atoms with Crippen LogP contribution in [0.15, 0.2) is 27.9 Å². The number of aliphatic hydroxyl groups is 2. The van der Waals surface area contributed by atoms with Crippen molar-refractivity contribution in [3.8, 4) is 11.8 Å². The minimum absolute atomic E-state index is 0.116. The van der Waals surface area contributed by atoms with Gasteiger partial charge in [0, 0.05) is 19.2 Å². The van der Waals surface area contributed by atoms with Crippen LogP contribution in [-0.2, 0) is 4.74 Å². The van der Waals surface area contributed by atoms with Crippen LogP contribution in [0.2, 0.25) is 0 Å². The summed E-state index contributed by atoms with van der Waals surface area (Å²) in [6, 6.07) is 0. The van der Waals surface area contributed by atoms with Gasteiger partial charge in [-0.15, -0.1) is 0 Å². The number of rotatable bonds is 5. The third-order valence-electron chi connectivity index (χ3n) is 3.16. The molecule has 2 rings (SSSR count). The number of hydrogen-bond donors (Lipinski definition) is 3. The van der Waals surface area contributed by atoms with Gasteiger partial charge < -0.3 is 14.9 Å². The smallest absolute Gasteiger partial charge is 0.330 e. The van der Waals surface area contributed by atoms with Crippen LogP contribution in [-0.4, -0.2) is 39.1 Å². The van der Waals surface area contributed by atoms with E-state index in [0.717, 1.165) is 6.42 Å². The summed E-state index contributed by atoms with van der Waals surface area (Å²) in [6.07, 6.45) is 5.48. The van der Waals surface area contributed by atoms with Crippen LogP contribution < -0.4 is 11.2 Å². The molecule has 0 unspecified atom stereocenters. The topological polar surface area (TPSA) is 105 Å². The Labute approximate surface area is 126 Å². The molecule has 7 heteroatoms. The van der Waals surface area contributed by atoms with Gasteiger partial charge in [-0.25, -0.2) is 4.79 Å². The van der Waals surface area contributed by atoms with E-state index in [0.29, 0.717) is 12.8 Å². The van der Waals surface area contributed by atoms with Gasteiger partial charge in [0.05, 0.1) is 6.61 Å². The highest BCUT2D eigenvalue weighted by molar-refractivity contribution is 5.29. The van der Waals surface area contributed by atoms with Crippen LogP contribution >= 0.6 is 0 Å². The lowest BCUT2D eigenvalue weighted by Crippen LogP contribution is -2.33. The number of H-pyrrole nitrogens is 1. The van der Waals surface area contributed by atoms with E-state index in [9.17, 15) is 9.59 Å². The first-order valence-corrected chi connectivity index (χ1v) is 7.05. The van der Waals surface area contributed by atoms with Crippen molar-refractivity contribution in [1.82, 2.24) is 9.55 Å². The Bertz CT molecular complexity index is 707. The molecule has 3 N–H and O–H groups in total. The lowest BCUT2D eigenvalue weighted by molar-refractivity contribution is -0.0103. The molecule has 0 aliphatic carbocycles. The number of ether oxygens (including phenoxy) is 1. The first kappa shape index (κ1) is 16.2. The third kappa shape index (κ3) is 3.95. The molecule has 0 saturated heterocycles. The van der Waals surface area contributed by atoms with Gasteiger partial charge in [-0.3, -0.25) is 14.3 Å². The Balaban J connectivity index is 2.19.